The van der Waals surface area contributed by atoms with Gasteiger partial charge < -0.3 is 19.5 Å². The molecule has 0 aliphatic heterocycles. The maximum Gasteiger partial charge on any atom is 0.248 e. The summed E-state index contributed by atoms with van der Waals surface area (Å²) < 4.78 is 15.9. The summed E-state index contributed by atoms with van der Waals surface area (Å²) in [7, 11) is 4.64. The molecular formula is C20H24N2O4. The number of hydrogen-bond donors (Lipinski definition) is 1. The Morgan fingerprint density at radius 2 is 1.62 bits per heavy atom. The molecule has 6 heteroatoms. The second-order valence-corrected chi connectivity index (χ2v) is 5.82. The minimum atomic E-state index is -0.240. The van der Waals surface area contributed by atoms with Gasteiger partial charge in [0, 0.05) is 11.8 Å². The van der Waals surface area contributed by atoms with Crippen LogP contribution in [-0.2, 0) is 4.79 Å². The molecule has 0 saturated heterocycles. The van der Waals surface area contributed by atoms with Crippen LogP contribution in [0, 0.1) is 20.8 Å². The summed E-state index contributed by atoms with van der Waals surface area (Å²) in [5.74, 6) is 1.33. The average Bonchev–Trinajstić information content (AvgIpc) is 2.61. The van der Waals surface area contributed by atoms with Crippen molar-refractivity contribution in [2.24, 2.45) is 0 Å². The monoisotopic (exact) mass is 356 g/mol. The summed E-state index contributed by atoms with van der Waals surface area (Å²) in [6, 6.07) is 5.48. The number of nitrogens with zero attached hydrogens (tertiary/aromatic N) is 1. The van der Waals surface area contributed by atoms with Crippen LogP contribution in [0.2, 0.25) is 0 Å². The lowest BCUT2D eigenvalue weighted by molar-refractivity contribution is -0.111. The number of methoxy groups -OCH3 is 3. The Labute approximate surface area is 153 Å². The molecule has 0 spiro atoms. The zero-order chi connectivity index (χ0) is 19.3. The average molecular weight is 356 g/mol. The largest absolute Gasteiger partial charge is 0.493 e. The van der Waals surface area contributed by atoms with Crippen LogP contribution in [0.3, 0.4) is 0 Å². The van der Waals surface area contributed by atoms with E-state index in [2.05, 4.69) is 10.3 Å². The van der Waals surface area contributed by atoms with E-state index in [-0.39, 0.29) is 5.91 Å². The number of pyridine rings is 1. The fraction of sp³-hybridized carbons (Fsp3) is 0.300. The highest BCUT2D eigenvalue weighted by Crippen LogP contribution is 2.38. The van der Waals surface area contributed by atoms with Crippen LogP contribution in [-0.4, -0.2) is 32.2 Å². The standard InChI is InChI=1S/C20H24N2O4/c1-12-9-13(2)21-14(3)19(12)22-18(23)8-7-15-10-16(24-4)20(26-6)17(11-15)25-5/h7-11H,1-6H3,(H,22,23)/b8-7+. The van der Waals surface area contributed by atoms with E-state index in [1.807, 2.05) is 26.8 Å². The first-order valence-corrected chi connectivity index (χ1v) is 8.13. The van der Waals surface area contributed by atoms with Crippen molar-refractivity contribution in [2.45, 2.75) is 20.8 Å². The van der Waals surface area contributed by atoms with E-state index in [9.17, 15) is 4.79 Å². The van der Waals surface area contributed by atoms with Crippen molar-refractivity contribution < 1.29 is 19.0 Å². The molecule has 0 saturated carbocycles. The molecule has 1 aromatic carbocycles. The third-order valence-corrected chi connectivity index (χ3v) is 3.89. The Bertz CT molecular complexity index is 796. The SMILES string of the molecule is COc1cc(/C=C/C(=O)Nc2c(C)cc(C)nc2C)cc(OC)c1OC. The number of aromatic nitrogens is 1. The predicted molar refractivity (Wildman–Crippen MR) is 102 cm³/mol. The first kappa shape index (κ1) is 19.3. The van der Waals surface area contributed by atoms with Crippen molar-refractivity contribution >= 4 is 17.7 Å². The molecule has 138 valence electrons. The van der Waals surface area contributed by atoms with E-state index in [0.29, 0.717) is 17.2 Å². The van der Waals surface area contributed by atoms with Gasteiger partial charge in [0.05, 0.1) is 32.7 Å². The van der Waals surface area contributed by atoms with Gasteiger partial charge in [0.2, 0.25) is 11.7 Å². The number of rotatable bonds is 6. The summed E-state index contributed by atoms with van der Waals surface area (Å²) in [5, 5.41) is 2.88. The van der Waals surface area contributed by atoms with Gasteiger partial charge in [-0.1, -0.05) is 0 Å². The van der Waals surface area contributed by atoms with Gasteiger partial charge in [0.1, 0.15) is 0 Å². The number of nitrogens with one attached hydrogen (secondary N) is 1. The van der Waals surface area contributed by atoms with E-state index in [4.69, 9.17) is 14.2 Å². The summed E-state index contributed by atoms with van der Waals surface area (Å²) in [4.78, 5) is 16.7. The Morgan fingerprint density at radius 1 is 1.00 bits per heavy atom. The summed E-state index contributed by atoms with van der Waals surface area (Å²) in [6.07, 6.45) is 3.14. The molecule has 0 atom stereocenters. The van der Waals surface area contributed by atoms with Crippen molar-refractivity contribution in [3.05, 3.63) is 46.8 Å². The number of anilines is 1. The number of carbonyl (C=O) groups excluding carboxylic acids is 1. The van der Waals surface area contributed by atoms with Gasteiger partial charge in [-0.15, -0.1) is 0 Å². The molecule has 1 aromatic heterocycles. The number of aryl methyl sites for hydroxylation is 3. The molecule has 0 bridgehead atoms. The molecule has 1 N–H and O–H groups in total. The molecular weight excluding hydrogens is 332 g/mol. The molecule has 0 aliphatic rings. The molecule has 1 heterocycles. The van der Waals surface area contributed by atoms with Crippen LogP contribution in [0.5, 0.6) is 17.2 Å². The molecule has 2 aromatic rings. The number of benzene rings is 1. The molecule has 0 fully saturated rings. The van der Waals surface area contributed by atoms with E-state index in [1.54, 1.807) is 39.5 Å². The lowest BCUT2D eigenvalue weighted by Gasteiger charge is -2.13. The number of ether oxygens (including phenoxy) is 3. The van der Waals surface area contributed by atoms with Crippen molar-refractivity contribution in [2.75, 3.05) is 26.6 Å². The number of carbonyl (C=O) groups is 1. The van der Waals surface area contributed by atoms with Gasteiger partial charge in [-0.25, -0.2) is 0 Å². The summed E-state index contributed by atoms with van der Waals surface area (Å²) in [5.41, 5.74) is 4.17. The van der Waals surface area contributed by atoms with Crippen LogP contribution >= 0.6 is 0 Å². The van der Waals surface area contributed by atoms with Crippen molar-refractivity contribution in [1.29, 1.82) is 0 Å². The van der Waals surface area contributed by atoms with Gasteiger partial charge in [0.15, 0.2) is 11.5 Å². The minimum Gasteiger partial charge on any atom is -0.493 e. The highest BCUT2D eigenvalue weighted by molar-refractivity contribution is 6.02. The minimum absolute atomic E-state index is 0.240. The first-order valence-electron chi connectivity index (χ1n) is 8.13. The van der Waals surface area contributed by atoms with E-state index >= 15 is 0 Å². The Kier molecular flexibility index (Phi) is 6.22. The molecule has 0 aliphatic carbocycles. The van der Waals surface area contributed by atoms with Gasteiger partial charge in [-0.2, -0.15) is 0 Å². The Hall–Kier alpha value is -3.02. The van der Waals surface area contributed by atoms with Crippen LogP contribution in [0.1, 0.15) is 22.5 Å². The lowest BCUT2D eigenvalue weighted by Crippen LogP contribution is -2.11. The van der Waals surface area contributed by atoms with Crippen LogP contribution < -0.4 is 19.5 Å². The van der Waals surface area contributed by atoms with Crippen molar-refractivity contribution in [1.82, 2.24) is 4.98 Å². The molecule has 26 heavy (non-hydrogen) atoms. The molecule has 1 amide bonds. The van der Waals surface area contributed by atoms with Gasteiger partial charge >= 0.3 is 0 Å². The fourth-order valence-corrected chi connectivity index (χ4v) is 2.75. The molecule has 6 nitrogen and oxygen atoms in total. The third-order valence-electron chi connectivity index (χ3n) is 3.89. The van der Waals surface area contributed by atoms with Gasteiger partial charge in [-0.05, 0) is 56.2 Å². The normalized spacial score (nSPS) is 10.7. The zero-order valence-electron chi connectivity index (χ0n) is 16.0. The second kappa shape index (κ2) is 8.38. The summed E-state index contributed by atoms with van der Waals surface area (Å²) in [6.45, 7) is 5.74. The zero-order valence-corrected chi connectivity index (χ0v) is 16.0. The second-order valence-electron chi connectivity index (χ2n) is 5.82. The summed E-state index contributed by atoms with van der Waals surface area (Å²) >= 11 is 0. The van der Waals surface area contributed by atoms with Gasteiger partial charge in [-0.3, -0.25) is 9.78 Å². The topological polar surface area (TPSA) is 69.7 Å². The molecule has 0 unspecified atom stereocenters. The third kappa shape index (κ3) is 4.33. The molecule has 0 radical (unpaired) electrons. The highest BCUT2D eigenvalue weighted by Gasteiger charge is 2.12. The van der Waals surface area contributed by atoms with Crippen LogP contribution in [0.4, 0.5) is 5.69 Å². The molecule has 2 rings (SSSR count). The first-order chi connectivity index (χ1) is 12.4. The van der Waals surface area contributed by atoms with Gasteiger partial charge in [0.25, 0.3) is 0 Å². The number of amides is 1. The van der Waals surface area contributed by atoms with Crippen molar-refractivity contribution in [3.63, 3.8) is 0 Å². The Morgan fingerprint density at radius 3 is 2.12 bits per heavy atom. The highest BCUT2D eigenvalue weighted by atomic mass is 16.5. The smallest absolute Gasteiger partial charge is 0.248 e. The van der Waals surface area contributed by atoms with Crippen LogP contribution in [0.15, 0.2) is 24.3 Å². The number of hydrogen-bond acceptors (Lipinski definition) is 5. The van der Waals surface area contributed by atoms with Crippen molar-refractivity contribution in [3.8, 4) is 17.2 Å². The fourth-order valence-electron chi connectivity index (χ4n) is 2.75. The van der Waals surface area contributed by atoms with Crippen LogP contribution in [0.25, 0.3) is 6.08 Å². The van der Waals surface area contributed by atoms with E-state index in [0.717, 1.165) is 28.2 Å². The van der Waals surface area contributed by atoms with E-state index < -0.39 is 0 Å². The maximum absolute atomic E-state index is 12.3. The maximum atomic E-state index is 12.3. The van der Waals surface area contributed by atoms with E-state index in [1.165, 1.54) is 6.08 Å². The predicted octanol–water partition coefficient (Wildman–Crippen LogP) is 3.68. The Balaban J connectivity index is 2.23. The quantitative estimate of drug-likeness (QED) is 0.800. The lowest BCUT2D eigenvalue weighted by atomic mass is 10.1.